The summed E-state index contributed by atoms with van der Waals surface area (Å²) >= 11 is 14.4. The molecule has 8 aromatic rings. The van der Waals surface area contributed by atoms with E-state index < -0.39 is 51.8 Å². The Morgan fingerprint density at radius 2 is 0.460 bits per heavy atom. The number of ether oxygens (including phenoxy) is 4. The Labute approximate surface area is 629 Å². The van der Waals surface area contributed by atoms with Crippen LogP contribution < -0.4 is 40.9 Å². The molecule has 0 unspecified atom stereocenters. The molecule has 0 saturated carbocycles. The zero-order valence-electron chi connectivity index (χ0n) is 53.0. The first kappa shape index (κ1) is 90.1. The maximum atomic E-state index is 12.0. The molecule has 4 radical (unpaired) electrons. The van der Waals surface area contributed by atoms with E-state index in [0.29, 0.717) is 45.1 Å². The molecule has 0 spiro atoms. The zero-order chi connectivity index (χ0) is 70.9. The van der Waals surface area contributed by atoms with Gasteiger partial charge >= 0.3 is 92.2 Å². The normalized spacial score (nSPS) is 11.5. The number of alkyl halides is 3. The fourth-order valence-corrected chi connectivity index (χ4v) is 7.05. The number of benzene rings is 4. The number of rotatable bonds is 16. The third-order valence-corrected chi connectivity index (χ3v) is 11.7. The maximum absolute atomic E-state index is 12.0. The summed E-state index contributed by atoms with van der Waals surface area (Å²) in [6.07, 6.45) is 0. The van der Waals surface area contributed by atoms with Gasteiger partial charge in [-0.15, -0.1) is 0 Å². The van der Waals surface area contributed by atoms with Gasteiger partial charge in [-0.05, 0) is 98.5 Å². The van der Waals surface area contributed by atoms with Gasteiger partial charge < -0.3 is 59.8 Å². The molecule has 0 aliphatic rings. The molecule has 8 rings (SSSR count). The summed E-state index contributed by atoms with van der Waals surface area (Å²) in [5.74, 6) is -6.33. The van der Waals surface area contributed by atoms with Crippen molar-refractivity contribution in [3.05, 3.63) is 238 Å². The van der Waals surface area contributed by atoms with E-state index >= 15 is 0 Å². The van der Waals surface area contributed by atoms with E-state index in [1.165, 1.54) is 126 Å². The molecule has 4 aromatic carbocycles. The van der Waals surface area contributed by atoms with Crippen molar-refractivity contribution in [1.29, 1.82) is 0 Å². The van der Waals surface area contributed by atoms with Gasteiger partial charge in [-0.1, -0.05) is 179 Å². The van der Waals surface area contributed by atoms with E-state index in [1.54, 1.807) is 100 Å². The Morgan fingerprint density at radius 3 is 0.620 bits per heavy atom. The summed E-state index contributed by atoms with van der Waals surface area (Å²) < 4.78 is 17.4. The van der Waals surface area contributed by atoms with Gasteiger partial charge in [0.1, 0.15) is 22.8 Å². The Kier molecular flexibility index (Phi) is 42.4. The number of hydrogen-bond donors (Lipinski definition) is 0. The molecule has 0 amide bonds. The SMILES string of the molecule is COC(=O)c1cccc(/C([O-])=N/N=C(\C)c2ccccc2[O-])n1.COC(=O)c1cccc(/C([O-])=N/N=C(\C)c2ccccc2[O-])n1.COC(=O)c1cccc(/C([O-])=N/N=C(\C)c2ccccc2[O-])n1.COC(=O)c1cccc(/C([O-])=N/N=C(\C)c2ccccc2[O-])n1.ClC(Cl)Cl.[Cu+2].[Cu+2].[Cu+2].[Cu+2]. The second kappa shape index (κ2) is 47.1. The first-order valence-electron chi connectivity index (χ1n) is 27.2. The number of halogens is 3. The second-order valence-corrected chi connectivity index (χ2v) is 20.2. The Balaban J connectivity index is 0.00000127. The number of carbonyl (C=O) groups is 4. The summed E-state index contributed by atoms with van der Waals surface area (Å²) in [4.78, 5) is 61.0. The molecule has 0 saturated heterocycles. The summed E-state index contributed by atoms with van der Waals surface area (Å²) in [7, 11) is 4.88. The Morgan fingerprint density at radius 1 is 0.300 bits per heavy atom. The van der Waals surface area contributed by atoms with Gasteiger partial charge in [0.25, 0.3) is 0 Å². The van der Waals surface area contributed by atoms with Crippen LogP contribution in [0.3, 0.4) is 0 Å². The van der Waals surface area contributed by atoms with E-state index in [2.05, 4.69) is 79.7 Å². The summed E-state index contributed by atoms with van der Waals surface area (Å²) in [5.41, 5.74) is 2.53. The van der Waals surface area contributed by atoms with Crippen molar-refractivity contribution >= 4 is 105 Å². The number of aromatic nitrogens is 4. The van der Waals surface area contributed by atoms with Crippen molar-refractivity contribution in [2.24, 2.45) is 40.8 Å². The Hall–Kier alpha value is -9.93. The van der Waals surface area contributed by atoms with Gasteiger partial charge in [-0.3, -0.25) is 0 Å². The molecule has 28 nitrogen and oxygen atoms in total. The third kappa shape index (κ3) is 29.6. The van der Waals surface area contributed by atoms with Crippen LogP contribution >= 0.6 is 34.8 Å². The molecule has 0 aliphatic carbocycles. The van der Waals surface area contributed by atoms with Gasteiger partial charge in [-0.2, -0.15) is 40.8 Å². The predicted octanol–water partition coefficient (Wildman–Crippen LogP) is 3.87. The molecule has 4 heterocycles. The number of para-hydroxylation sites is 4. The summed E-state index contributed by atoms with van der Waals surface area (Å²) in [6, 6.07) is 42.5. The smallest absolute Gasteiger partial charge is 0.872 e. The van der Waals surface area contributed by atoms with Crippen LogP contribution in [0.1, 0.15) is 115 Å². The topological polar surface area (TPSA) is 440 Å². The van der Waals surface area contributed by atoms with Crippen molar-refractivity contribution in [3.8, 4) is 23.0 Å². The fourth-order valence-electron chi connectivity index (χ4n) is 7.05. The monoisotopic (exact) mass is 1610 g/mol. The van der Waals surface area contributed by atoms with Crippen molar-refractivity contribution < 1.29 is 147 Å². The molecule has 35 heteroatoms. The minimum absolute atomic E-state index is 0. The molecule has 100 heavy (non-hydrogen) atoms. The molecular formula is C65H53Cl3Cu4N12O16. The van der Waals surface area contributed by atoms with Crippen LogP contribution in [0.25, 0.3) is 0 Å². The molecule has 0 aliphatic heterocycles. The van der Waals surface area contributed by atoms with Crippen LogP contribution in [0.15, 0.2) is 211 Å². The van der Waals surface area contributed by atoms with Gasteiger partial charge in [0, 0.05) is 23.6 Å². The van der Waals surface area contributed by atoms with Crippen LogP contribution in [0.5, 0.6) is 23.0 Å². The van der Waals surface area contributed by atoms with Crippen molar-refractivity contribution in [2.45, 2.75) is 32.0 Å². The molecule has 0 fully saturated rings. The standard InChI is InChI=1S/4C16H15N3O4.CHCl3.4Cu/c4*1-10(11-6-3-4-9-14(11)20)18-19-15(21)12-7-5-8-13(17-12)16(22)23-2;2-1(3)4;;;;/h4*3-9,20H,1-2H3,(H,19,21);1H;;;;/q;;;;;4*+2/p-8/b4*18-10+;;;;;. The molecule has 0 bridgehead atoms. The van der Waals surface area contributed by atoms with E-state index in [4.69, 9.17) is 34.8 Å². The van der Waals surface area contributed by atoms with Crippen LogP contribution in [0.4, 0.5) is 0 Å². The number of hydrogen-bond acceptors (Lipinski definition) is 28. The molecule has 534 valence electrons. The molecule has 0 N–H and O–H groups in total. The first-order valence-corrected chi connectivity index (χ1v) is 28.5. The zero-order valence-corrected chi connectivity index (χ0v) is 59.0. The van der Waals surface area contributed by atoms with Gasteiger partial charge in [0.15, 0.2) is 4.30 Å². The number of nitrogens with zero attached hydrogens (tertiary/aromatic N) is 12. The van der Waals surface area contributed by atoms with Crippen LogP contribution in [0.2, 0.25) is 0 Å². The number of pyridine rings is 4. The fraction of sp³-hybridized carbons (Fsp3) is 0.138. The van der Waals surface area contributed by atoms with Gasteiger partial charge in [-0.25, -0.2) is 39.1 Å². The van der Waals surface area contributed by atoms with Crippen LogP contribution in [0, 0.1) is 0 Å². The average Bonchev–Trinajstić information content (AvgIpc) is 0.960. The minimum Gasteiger partial charge on any atom is -0.872 e. The quantitative estimate of drug-likeness (QED) is 0.0252. The van der Waals surface area contributed by atoms with E-state index in [9.17, 15) is 60.0 Å². The molecular weight excluding hydrogens is 1570 g/mol. The van der Waals surface area contributed by atoms with E-state index in [0.717, 1.165) is 0 Å². The third-order valence-electron chi connectivity index (χ3n) is 11.7. The summed E-state index contributed by atoms with van der Waals surface area (Å²) in [5, 5.41) is 124. The van der Waals surface area contributed by atoms with Crippen molar-refractivity contribution in [3.63, 3.8) is 0 Å². The van der Waals surface area contributed by atoms with E-state index in [-0.39, 0.29) is 137 Å². The number of carbonyl (C=O) groups excluding carboxylic acids is 4. The number of methoxy groups -OCH3 is 4. The molecule has 0 atom stereocenters. The summed E-state index contributed by atoms with van der Waals surface area (Å²) in [6.45, 7) is 6.30. The largest absolute Gasteiger partial charge is 2.00 e. The maximum Gasteiger partial charge on any atom is 2.00 e. The Bertz CT molecular complexity index is 3770. The van der Waals surface area contributed by atoms with Gasteiger partial charge in [0.05, 0.1) is 74.1 Å². The predicted molar refractivity (Wildman–Crippen MR) is 342 cm³/mol. The van der Waals surface area contributed by atoms with Gasteiger partial charge in [0.2, 0.25) is 0 Å². The van der Waals surface area contributed by atoms with Crippen molar-refractivity contribution in [2.75, 3.05) is 28.4 Å². The second-order valence-electron chi connectivity index (χ2n) is 18.2. The van der Waals surface area contributed by atoms with Crippen LogP contribution in [-0.4, -0.2) is 123 Å². The average molecular weight is 1620 g/mol. The van der Waals surface area contributed by atoms with E-state index in [1.807, 2.05) is 0 Å². The number of esters is 4. The first-order chi connectivity index (χ1) is 45.8. The molecule has 4 aromatic heterocycles. The van der Waals surface area contributed by atoms with Crippen molar-refractivity contribution in [1.82, 2.24) is 19.9 Å². The van der Waals surface area contributed by atoms with Crippen LogP contribution in [-0.2, 0) is 87.2 Å². The minimum atomic E-state index is -0.750.